The summed E-state index contributed by atoms with van der Waals surface area (Å²) < 4.78 is 7.11. The fourth-order valence-electron chi connectivity index (χ4n) is 4.20. The first-order valence-corrected chi connectivity index (χ1v) is 9.79. The third kappa shape index (κ3) is 3.20. The molecule has 3 N–H and O–H groups in total. The van der Waals surface area contributed by atoms with Gasteiger partial charge in [0, 0.05) is 25.2 Å². The van der Waals surface area contributed by atoms with Crippen LogP contribution < -0.4 is 4.90 Å². The van der Waals surface area contributed by atoms with Gasteiger partial charge in [0.2, 0.25) is 0 Å². The molecule has 4 unspecified atom stereocenters. The van der Waals surface area contributed by atoms with Crippen molar-refractivity contribution < 1.29 is 25.0 Å². The molecule has 0 saturated carbocycles. The second-order valence-corrected chi connectivity index (χ2v) is 7.63. The molecule has 1 fully saturated rings. The van der Waals surface area contributed by atoms with Crippen LogP contribution in [0.1, 0.15) is 17.4 Å². The summed E-state index contributed by atoms with van der Waals surface area (Å²) in [6.45, 7) is 0.689. The van der Waals surface area contributed by atoms with E-state index in [0.717, 1.165) is 11.1 Å². The summed E-state index contributed by atoms with van der Waals surface area (Å²) in [6, 6.07) is 4.86. The van der Waals surface area contributed by atoms with Crippen molar-refractivity contribution in [1.29, 1.82) is 0 Å². The number of aromatic nitrogens is 4. The van der Waals surface area contributed by atoms with E-state index in [1.165, 1.54) is 23.3 Å². The van der Waals surface area contributed by atoms with E-state index in [1.54, 1.807) is 12.1 Å². The maximum absolute atomic E-state index is 11.0. The van der Waals surface area contributed by atoms with Crippen molar-refractivity contribution in [3.63, 3.8) is 0 Å². The van der Waals surface area contributed by atoms with Crippen LogP contribution in [0.3, 0.4) is 0 Å². The molecule has 0 aliphatic carbocycles. The van der Waals surface area contributed by atoms with Crippen LogP contribution in [0.5, 0.6) is 0 Å². The molecule has 1 aromatic carbocycles. The number of non-ortho nitro benzene ring substituents is 1. The monoisotopic (exact) mass is 428 g/mol. The number of nitro benzene ring substituents is 1. The molecule has 1 saturated heterocycles. The highest BCUT2D eigenvalue weighted by atomic mass is 16.6. The van der Waals surface area contributed by atoms with Crippen molar-refractivity contribution in [2.75, 3.05) is 18.1 Å². The number of nitrogens with zero attached hydrogens (tertiary/aromatic N) is 6. The summed E-state index contributed by atoms with van der Waals surface area (Å²) in [4.78, 5) is 25.7. The second kappa shape index (κ2) is 7.50. The Morgan fingerprint density at radius 2 is 2.03 bits per heavy atom. The van der Waals surface area contributed by atoms with Gasteiger partial charge in [-0.1, -0.05) is 6.07 Å². The molecular formula is C19H20N6O6. The average Bonchev–Trinajstić information content (AvgIpc) is 3.33. The standard InChI is InChI=1S/C19H20N6O6/c26-7-13-15(27)16(28)19(31-13)24-9-22-14-17(20-8-21-18(14)24)23-4-3-10-5-12(25(29)30)2-1-11(10)6-23/h1-2,5,8-9,13,15-16,19,26-28H,3-4,6-7H2. The molecule has 5 rings (SSSR count). The van der Waals surface area contributed by atoms with Crippen LogP contribution in [0, 0.1) is 10.1 Å². The van der Waals surface area contributed by atoms with Gasteiger partial charge in [0.25, 0.3) is 5.69 Å². The van der Waals surface area contributed by atoms with E-state index in [4.69, 9.17) is 4.74 Å². The molecule has 0 radical (unpaired) electrons. The van der Waals surface area contributed by atoms with Crippen LogP contribution in [-0.2, 0) is 17.7 Å². The van der Waals surface area contributed by atoms with E-state index >= 15 is 0 Å². The van der Waals surface area contributed by atoms with Crippen molar-refractivity contribution >= 4 is 22.7 Å². The summed E-state index contributed by atoms with van der Waals surface area (Å²) in [5.74, 6) is 0.597. The van der Waals surface area contributed by atoms with Crippen LogP contribution in [0.25, 0.3) is 11.2 Å². The molecule has 4 heterocycles. The molecule has 12 heteroatoms. The first-order valence-electron chi connectivity index (χ1n) is 9.79. The Morgan fingerprint density at radius 3 is 2.77 bits per heavy atom. The third-order valence-corrected chi connectivity index (χ3v) is 5.84. The number of imidazole rings is 1. The lowest BCUT2D eigenvalue weighted by atomic mass is 9.99. The summed E-state index contributed by atoms with van der Waals surface area (Å²) in [7, 11) is 0. The highest BCUT2D eigenvalue weighted by molar-refractivity contribution is 5.83. The summed E-state index contributed by atoms with van der Waals surface area (Å²) in [5.41, 5.74) is 2.92. The zero-order valence-corrected chi connectivity index (χ0v) is 16.3. The largest absolute Gasteiger partial charge is 0.394 e. The predicted octanol–water partition coefficient (Wildman–Crippen LogP) is -0.0913. The topological polar surface area (TPSA) is 160 Å². The molecule has 0 amide bonds. The van der Waals surface area contributed by atoms with E-state index in [0.29, 0.717) is 36.5 Å². The van der Waals surface area contributed by atoms with Gasteiger partial charge in [-0.25, -0.2) is 15.0 Å². The molecule has 0 spiro atoms. The Balaban J connectivity index is 1.46. The van der Waals surface area contributed by atoms with E-state index < -0.39 is 36.1 Å². The Kier molecular flexibility index (Phi) is 4.78. The van der Waals surface area contributed by atoms with Gasteiger partial charge in [0.05, 0.1) is 17.9 Å². The van der Waals surface area contributed by atoms with Gasteiger partial charge >= 0.3 is 0 Å². The van der Waals surface area contributed by atoms with Crippen LogP contribution in [0.4, 0.5) is 11.5 Å². The number of ether oxygens (including phenoxy) is 1. The number of benzene rings is 1. The molecule has 2 aromatic heterocycles. The molecule has 2 aliphatic rings. The minimum absolute atomic E-state index is 0.0776. The van der Waals surface area contributed by atoms with E-state index in [1.807, 2.05) is 4.90 Å². The van der Waals surface area contributed by atoms with Gasteiger partial charge in [-0.05, 0) is 17.5 Å². The van der Waals surface area contributed by atoms with E-state index in [2.05, 4.69) is 15.0 Å². The molecule has 2 aliphatic heterocycles. The number of fused-ring (bicyclic) bond motifs is 2. The van der Waals surface area contributed by atoms with Gasteiger partial charge in [-0.2, -0.15) is 0 Å². The fraction of sp³-hybridized carbons (Fsp3) is 0.421. The van der Waals surface area contributed by atoms with Gasteiger partial charge in [-0.3, -0.25) is 14.7 Å². The number of aliphatic hydroxyl groups is 3. The summed E-state index contributed by atoms with van der Waals surface area (Å²) in [5, 5.41) is 40.8. The van der Waals surface area contributed by atoms with Crippen molar-refractivity contribution in [2.45, 2.75) is 37.5 Å². The Labute approximate surface area is 175 Å². The highest BCUT2D eigenvalue weighted by Gasteiger charge is 2.44. The molecule has 31 heavy (non-hydrogen) atoms. The molecule has 3 aromatic rings. The minimum atomic E-state index is -1.24. The number of hydrogen-bond donors (Lipinski definition) is 3. The second-order valence-electron chi connectivity index (χ2n) is 7.63. The SMILES string of the molecule is O=[N+]([O-])c1ccc2c(c1)CCN(c1ncnc3c1ncn3C1OC(CO)C(O)C1O)C2. The summed E-state index contributed by atoms with van der Waals surface area (Å²) >= 11 is 0. The lowest BCUT2D eigenvalue weighted by molar-refractivity contribution is -0.384. The Hall–Kier alpha value is -3.19. The van der Waals surface area contributed by atoms with Crippen molar-refractivity contribution in [1.82, 2.24) is 19.5 Å². The third-order valence-electron chi connectivity index (χ3n) is 5.84. The van der Waals surface area contributed by atoms with Gasteiger partial charge in [0.15, 0.2) is 23.2 Å². The van der Waals surface area contributed by atoms with E-state index in [9.17, 15) is 25.4 Å². The van der Waals surface area contributed by atoms with Crippen LogP contribution in [0.15, 0.2) is 30.9 Å². The first-order chi connectivity index (χ1) is 15.0. The molecular weight excluding hydrogens is 408 g/mol. The Morgan fingerprint density at radius 1 is 1.19 bits per heavy atom. The predicted molar refractivity (Wildman–Crippen MR) is 106 cm³/mol. The maximum Gasteiger partial charge on any atom is 0.269 e. The fourth-order valence-corrected chi connectivity index (χ4v) is 4.20. The zero-order chi connectivity index (χ0) is 21.7. The molecule has 4 atom stereocenters. The minimum Gasteiger partial charge on any atom is -0.394 e. The number of hydrogen-bond acceptors (Lipinski definition) is 10. The van der Waals surface area contributed by atoms with Crippen LogP contribution in [-0.4, -0.2) is 71.2 Å². The van der Waals surface area contributed by atoms with Gasteiger partial charge in [-0.15, -0.1) is 0 Å². The van der Waals surface area contributed by atoms with Crippen molar-refractivity contribution in [2.24, 2.45) is 0 Å². The Bertz CT molecular complexity index is 1150. The number of anilines is 1. The lowest BCUT2D eigenvalue weighted by Gasteiger charge is -2.29. The summed E-state index contributed by atoms with van der Waals surface area (Å²) in [6.07, 6.45) is -0.837. The lowest BCUT2D eigenvalue weighted by Crippen LogP contribution is -2.33. The highest BCUT2D eigenvalue weighted by Crippen LogP contribution is 2.34. The number of aliphatic hydroxyl groups excluding tert-OH is 3. The quantitative estimate of drug-likeness (QED) is 0.378. The van der Waals surface area contributed by atoms with Crippen molar-refractivity contribution in [3.05, 3.63) is 52.1 Å². The van der Waals surface area contributed by atoms with Crippen molar-refractivity contribution in [3.8, 4) is 0 Å². The van der Waals surface area contributed by atoms with E-state index in [-0.39, 0.29) is 5.69 Å². The first kappa shape index (κ1) is 19.8. The average molecular weight is 428 g/mol. The maximum atomic E-state index is 11.0. The molecule has 162 valence electrons. The smallest absolute Gasteiger partial charge is 0.269 e. The van der Waals surface area contributed by atoms with Crippen LogP contribution >= 0.6 is 0 Å². The number of nitro groups is 1. The molecule has 12 nitrogen and oxygen atoms in total. The van der Waals surface area contributed by atoms with Gasteiger partial charge in [0.1, 0.15) is 24.6 Å². The normalized spacial score (nSPS) is 25.7. The molecule has 0 bridgehead atoms. The zero-order valence-electron chi connectivity index (χ0n) is 16.3. The van der Waals surface area contributed by atoms with Crippen LogP contribution in [0.2, 0.25) is 0 Å². The number of rotatable bonds is 4. The van der Waals surface area contributed by atoms with Gasteiger partial charge < -0.3 is 25.0 Å².